The number of nitrogens with two attached hydrogens (primary N) is 1. The summed E-state index contributed by atoms with van der Waals surface area (Å²) in [5, 5.41) is 3.63. The highest BCUT2D eigenvalue weighted by molar-refractivity contribution is 5.35. The molecular formula is C18H24N2O. The standard InChI is InChI=1S/C18H24N2O/c1-21-17-11-9-16(10-12-17)18(20-14-6-5-13-19)15-7-3-2-4-8-15/h2-4,7-12,18,20H,5-6,13-14,19H2,1H3. The number of nitrogens with one attached hydrogen (secondary N) is 1. The van der Waals surface area contributed by atoms with Crippen LogP contribution in [0.1, 0.15) is 30.0 Å². The molecule has 0 fully saturated rings. The van der Waals surface area contributed by atoms with Crippen molar-refractivity contribution in [1.82, 2.24) is 5.32 Å². The molecule has 0 saturated heterocycles. The molecule has 0 aromatic heterocycles. The lowest BCUT2D eigenvalue weighted by molar-refractivity contribution is 0.414. The van der Waals surface area contributed by atoms with Gasteiger partial charge in [0, 0.05) is 0 Å². The highest BCUT2D eigenvalue weighted by atomic mass is 16.5. The maximum absolute atomic E-state index is 5.56. The number of ether oxygens (including phenoxy) is 1. The SMILES string of the molecule is COc1ccc(C(NCCCCN)c2ccccc2)cc1. The van der Waals surface area contributed by atoms with Gasteiger partial charge in [0.1, 0.15) is 5.75 Å². The van der Waals surface area contributed by atoms with Crippen LogP contribution in [0.4, 0.5) is 0 Å². The van der Waals surface area contributed by atoms with Crippen molar-refractivity contribution in [2.24, 2.45) is 5.73 Å². The highest BCUT2D eigenvalue weighted by Crippen LogP contribution is 2.24. The van der Waals surface area contributed by atoms with Crippen LogP contribution in [0.15, 0.2) is 54.6 Å². The van der Waals surface area contributed by atoms with Gasteiger partial charge in [0.15, 0.2) is 0 Å². The summed E-state index contributed by atoms with van der Waals surface area (Å²) in [7, 11) is 1.69. The van der Waals surface area contributed by atoms with Crippen LogP contribution in [0, 0.1) is 0 Å². The van der Waals surface area contributed by atoms with E-state index in [1.807, 2.05) is 18.2 Å². The lowest BCUT2D eigenvalue weighted by Crippen LogP contribution is -2.24. The first-order valence-corrected chi connectivity index (χ1v) is 7.47. The van der Waals surface area contributed by atoms with Crippen molar-refractivity contribution >= 4 is 0 Å². The summed E-state index contributed by atoms with van der Waals surface area (Å²) in [5.74, 6) is 0.883. The van der Waals surface area contributed by atoms with Gasteiger partial charge in [-0.2, -0.15) is 0 Å². The fourth-order valence-electron chi connectivity index (χ4n) is 2.39. The molecule has 0 aliphatic rings. The largest absolute Gasteiger partial charge is 0.497 e. The van der Waals surface area contributed by atoms with Gasteiger partial charge in [0.05, 0.1) is 13.2 Å². The summed E-state index contributed by atoms with van der Waals surface area (Å²) in [4.78, 5) is 0. The summed E-state index contributed by atoms with van der Waals surface area (Å²) >= 11 is 0. The lowest BCUT2D eigenvalue weighted by atomic mass is 9.98. The van der Waals surface area contributed by atoms with Crippen LogP contribution in [0.2, 0.25) is 0 Å². The van der Waals surface area contributed by atoms with E-state index >= 15 is 0 Å². The van der Waals surface area contributed by atoms with Crippen molar-refractivity contribution in [2.45, 2.75) is 18.9 Å². The Labute approximate surface area is 127 Å². The minimum Gasteiger partial charge on any atom is -0.497 e. The maximum Gasteiger partial charge on any atom is 0.118 e. The molecule has 1 atom stereocenters. The van der Waals surface area contributed by atoms with E-state index in [9.17, 15) is 0 Å². The Morgan fingerprint density at radius 3 is 2.24 bits per heavy atom. The molecule has 21 heavy (non-hydrogen) atoms. The summed E-state index contributed by atoms with van der Waals surface area (Å²) in [6.07, 6.45) is 2.15. The second-order valence-corrected chi connectivity index (χ2v) is 5.07. The second kappa shape index (κ2) is 8.45. The molecule has 0 radical (unpaired) electrons. The highest BCUT2D eigenvalue weighted by Gasteiger charge is 2.12. The molecular weight excluding hydrogens is 260 g/mol. The van der Waals surface area contributed by atoms with E-state index in [1.54, 1.807) is 7.11 Å². The van der Waals surface area contributed by atoms with Gasteiger partial charge in [0.2, 0.25) is 0 Å². The minimum absolute atomic E-state index is 0.204. The topological polar surface area (TPSA) is 47.3 Å². The maximum atomic E-state index is 5.56. The predicted octanol–water partition coefficient (Wildman–Crippen LogP) is 3.11. The third-order valence-electron chi connectivity index (χ3n) is 3.56. The van der Waals surface area contributed by atoms with Gasteiger partial charge in [-0.15, -0.1) is 0 Å². The van der Waals surface area contributed by atoms with Crippen molar-refractivity contribution in [1.29, 1.82) is 0 Å². The summed E-state index contributed by atoms with van der Waals surface area (Å²) < 4.78 is 5.23. The lowest BCUT2D eigenvalue weighted by Gasteiger charge is -2.20. The van der Waals surface area contributed by atoms with Gasteiger partial charge < -0.3 is 15.8 Å². The van der Waals surface area contributed by atoms with Crippen LogP contribution in [-0.2, 0) is 0 Å². The summed E-state index contributed by atoms with van der Waals surface area (Å²) in [5.41, 5.74) is 8.08. The third kappa shape index (κ3) is 4.59. The number of benzene rings is 2. The van der Waals surface area contributed by atoms with E-state index in [0.29, 0.717) is 0 Å². The molecule has 0 saturated carbocycles. The van der Waals surface area contributed by atoms with Crippen LogP contribution in [0.5, 0.6) is 5.75 Å². The normalized spacial score (nSPS) is 12.1. The molecule has 0 heterocycles. The molecule has 3 nitrogen and oxygen atoms in total. The van der Waals surface area contributed by atoms with Crippen LogP contribution in [-0.4, -0.2) is 20.2 Å². The van der Waals surface area contributed by atoms with E-state index in [4.69, 9.17) is 10.5 Å². The van der Waals surface area contributed by atoms with E-state index in [1.165, 1.54) is 11.1 Å². The molecule has 3 N–H and O–H groups in total. The number of hydrogen-bond donors (Lipinski definition) is 2. The first-order chi connectivity index (χ1) is 10.3. The quantitative estimate of drug-likeness (QED) is 0.732. The van der Waals surface area contributed by atoms with Crippen molar-refractivity contribution in [3.63, 3.8) is 0 Å². The van der Waals surface area contributed by atoms with Crippen LogP contribution in [0.3, 0.4) is 0 Å². The van der Waals surface area contributed by atoms with Crippen LogP contribution >= 0.6 is 0 Å². The van der Waals surface area contributed by atoms with Gasteiger partial charge in [0.25, 0.3) is 0 Å². The Hall–Kier alpha value is -1.84. The van der Waals surface area contributed by atoms with Crippen molar-refractivity contribution in [3.8, 4) is 5.75 Å². The Bertz CT molecular complexity index is 511. The van der Waals surface area contributed by atoms with Crippen molar-refractivity contribution in [3.05, 3.63) is 65.7 Å². The average molecular weight is 284 g/mol. The Morgan fingerprint density at radius 1 is 0.952 bits per heavy atom. The second-order valence-electron chi connectivity index (χ2n) is 5.07. The van der Waals surface area contributed by atoms with E-state index in [0.717, 1.165) is 31.7 Å². The number of hydrogen-bond acceptors (Lipinski definition) is 3. The Kier molecular flexibility index (Phi) is 6.25. The van der Waals surface area contributed by atoms with E-state index in [-0.39, 0.29) is 6.04 Å². The van der Waals surface area contributed by atoms with Gasteiger partial charge in [-0.05, 0) is 49.2 Å². The molecule has 2 aromatic rings. The summed E-state index contributed by atoms with van der Waals surface area (Å²) in [6.45, 7) is 1.71. The molecule has 2 aromatic carbocycles. The fraction of sp³-hybridized carbons (Fsp3) is 0.333. The molecule has 1 unspecified atom stereocenters. The zero-order chi connectivity index (χ0) is 14.9. The number of rotatable bonds is 8. The van der Waals surface area contributed by atoms with Gasteiger partial charge in [-0.1, -0.05) is 42.5 Å². The Balaban J connectivity index is 2.14. The average Bonchev–Trinajstić information content (AvgIpc) is 2.56. The molecule has 0 aliphatic carbocycles. The first-order valence-electron chi connectivity index (χ1n) is 7.47. The summed E-state index contributed by atoms with van der Waals surface area (Å²) in [6, 6.07) is 19.0. The smallest absolute Gasteiger partial charge is 0.118 e. The predicted molar refractivity (Wildman–Crippen MR) is 87.6 cm³/mol. The van der Waals surface area contributed by atoms with Crippen LogP contribution in [0.25, 0.3) is 0 Å². The molecule has 2 rings (SSSR count). The van der Waals surface area contributed by atoms with Gasteiger partial charge in [-0.25, -0.2) is 0 Å². The molecule has 0 amide bonds. The van der Waals surface area contributed by atoms with E-state index < -0.39 is 0 Å². The molecule has 0 bridgehead atoms. The number of methoxy groups -OCH3 is 1. The zero-order valence-electron chi connectivity index (χ0n) is 12.6. The van der Waals surface area contributed by atoms with Crippen LogP contribution < -0.4 is 15.8 Å². The minimum atomic E-state index is 0.204. The molecule has 0 aliphatic heterocycles. The zero-order valence-corrected chi connectivity index (χ0v) is 12.6. The van der Waals surface area contributed by atoms with Gasteiger partial charge in [-0.3, -0.25) is 0 Å². The monoisotopic (exact) mass is 284 g/mol. The van der Waals surface area contributed by atoms with Crippen molar-refractivity contribution < 1.29 is 4.74 Å². The fourth-order valence-corrected chi connectivity index (χ4v) is 2.39. The van der Waals surface area contributed by atoms with Gasteiger partial charge >= 0.3 is 0 Å². The third-order valence-corrected chi connectivity index (χ3v) is 3.56. The van der Waals surface area contributed by atoms with Crippen molar-refractivity contribution in [2.75, 3.05) is 20.2 Å². The first kappa shape index (κ1) is 15.5. The van der Waals surface area contributed by atoms with E-state index in [2.05, 4.69) is 41.7 Å². The molecule has 112 valence electrons. The number of unbranched alkanes of at least 4 members (excludes halogenated alkanes) is 1. The Morgan fingerprint density at radius 2 is 1.62 bits per heavy atom. The molecule has 3 heteroatoms. The molecule has 0 spiro atoms.